The van der Waals surface area contributed by atoms with Crippen molar-refractivity contribution in [1.29, 1.82) is 0 Å². The van der Waals surface area contributed by atoms with Gasteiger partial charge in [-0.2, -0.15) is 0 Å². The van der Waals surface area contributed by atoms with Gasteiger partial charge >= 0.3 is 0 Å². The molecule has 4 atom stereocenters. The Morgan fingerprint density at radius 2 is 1.44 bits per heavy atom. The minimum Gasteiger partial charge on any atom is -0.508 e. The highest BCUT2D eigenvalue weighted by atomic mass is 19.2. The molecule has 0 spiro atoms. The standard InChI is InChI=1S/C41H37F5N2O6/c1-48(21-32(51)29-6-3-7-30(50)17-29)20-31-18-33(26-10-8-23(22-49)9-11-26)54-41(53-31)27-14-12-25(13-15-27)28-5-2-4-24(16-28)19-47-40(52)34-35(42)37(44)39(46)38(45)36(34)43/h2-17,31-33,41,49-51H,18-22H2,1H3,(H,47,52)/t31-,32+,33+,41+/m0/s1. The third-order valence-electron chi connectivity index (χ3n) is 9.20. The second-order valence-electron chi connectivity index (χ2n) is 13.1. The molecule has 1 saturated heterocycles. The molecule has 0 aliphatic carbocycles. The number of ether oxygens (including phenoxy) is 2. The molecule has 54 heavy (non-hydrogen) atoms. The lowest BCUT2D eigenvalue weighted by molar-refractivity contribution is -0.252. The number of rotatable bonds is 12. The van der Waals surface area contributed by atoms with Crippen LogP contribution in [0.15, 0.2) is 97.1 Å². The molecule has 0 unspecified atom stereocenters. The fourth-order valence-corrected chi connectivity index (χ4v) is 6.36. The Balaban J connectivity index is 1.15. The van der Waals surface area contributed by atoms with Gasteiger partial charge in [0.2, 0.25) is 5.82 Å². The number of aromatic hydroxyl groups is 1. The van der Waals surface area contributed by atoms with Crippen LogP contribution >= 0.6 is 0 Å². The van der Waals surface area contributed by atoms with Gasteiger partial charge in [0.1, 0.15) is 11.3 Å². The van der Waals surface area contributed by atoms with Crippen LogP contribution < -0.4 is 5.32 Å². The minimum atomic E-state index is -2.35. The van der Waals surface area contributed by atoms with Gasteiger partial charge in [0.25, 0.3) is 5.91 Å². The van der Waals surface area contributed by atoms with Crippen LogP contribution in [0.1, 0.15) is 63.1 Å². The Bertz CT molecular complexity index is 2070. The molecule has 1 aliphatic heterocycles. The number of phenols is 1. The molecule has 5 aromatic rings. The SMILES string of the molecule is CN(C[C@@H]1C[C@H](c2ccc(CO)cc2)O[C@H](c2ccc(-c3cccc(CNC(=O)c4c(F)c(F)c(F)c(F)c4F)c3)cc2)O1)C[C@@H](O)c1cccc(O)c1. The third kappa shape index (κ3) is 8.78. The Morgan fingerprint density at radius 3 is 2.11 bits per heavy atom. The highest BCUT2D eigenvalue weighted by Gasteiger charge is 2.33. The zero-order valence-electron chi connectivity index (χ0n) is 29.0. The quantitative estimate of drug-likeness (QED) is 0.0599. The molecule has 1 heterocycles. The molecule has 13 heteroatoms. The molecule has 282 valence electrons. The van der Waals surface area contributed by atoms with Crippen molar-refractivity contribution in [2.24, 2.45) is 0 Å². The van der Waals surface area contributed by atoms with E-state index in [1.807, 2.05) is 60.5 Å². The number of carbonyl (C=O) groups is 1. The highest BCUT2D eigenvalue weighted by molar-refractivity contribution is 5.94. The Kier molecular flexibility index (Phi) is 12.0. The number of aliphatic hydroxyl groups excluding tert-OH is 2. The Morgan fingerprint density at radius 1 is 0.796 bits per heavy atom. The predicted molar refractivity (Wildman–Crippen MR) is 188 cm³/mol. The third-order valence-corrected chi connectivity index (χ3v) is 9.20. The molecule has 0 bridgehead atoms. The zero-order valence-corrected chi connectivity index (χ0v) is 29.0. The number of aliphatic hydroxyl groups is 2. The van der Waals surface area contributed by atoms with Crippen molar-refractivity contribution < 1.29 is 51.5 Å². The first-order valence-electron chi connectivity index (χ1n) is 17.1. The summed E-state index contributed by atoms with van der Waals surface area (Å²) < 4.78 is 81.9. The van der Waals surface area contributed by atoms with E-state index in [0.29, 0.717) is 30.6 Å². The number of nitrogens with one attached hydrogen (secondary N) is 1. The Labute approximate surface area is 308 Å². The second kappa shape index (κ2) is 16.9. The van der Waals surface area contributed by atoms with Gasteiger partial charge in [-0.1, -0.05) is 78.9 Å². The second-order valence-corrected chi connectivity index (χ2v) is 13.1. The molecule has 6 rings (SSSR count). The van der Waals surface area contributed by atoms with Crippen molar-refractivity contribution in [2.45, 2.75) is 44.2 Å². The van der Waals surface area contributed by atoms with Crippen LogP contribution in [0.4, 0.5) is 22.0 Å². The number of likely N-dealkylation sites (N-methyl/N-ethyl adjacent to an activating group) is 1. The summed E-state index contributed by atoms with van der Waals surface area (Å²) in [4.78, 5) is 14.4. The van der Waals surface area contributed by atoms with E-state index >= 15 is 0 Å². The fraction of sp³-hybridized carbons (Fsp3) is 0.244. The molecule has 0 saturated carbocycles. The summed E-state index contributed by atoms with van der Waals surface area (Å²) in [6.07, 6.45) is -1.72. The number of hydrogen-bond donors (Lipinski definition) is 4. The van der Waals surface area contributed by atoms with Gasteiger partial charge in [-0.25, -0.2) is 22.0 Å². The van der Waals surface area contributed by atoms with Gasteiger partial charge in [-0.05, 0) is 58.6 Å². The van der Waals surface area contributed by atoms with Crippen molar-refractivity contribution >= 4 is 5.91 Å². The number of amides is 1. The lowest BCUT2D eigenvalue weighted by Gasteiger charge is -2.38. The maximum atomic E-state index is 14.1. The zero-order chi connectivity index (χ0) is 38.5. The van der Waals surface area contributed by atoms with E-state index in [2.05, 4.69) is 5.32 Å². The van der Waals surface area contributed by atoms with Crippen molar-refractivity contribution in [2.75, 3.05) is 20.1 Å². The van der Waals surface area contributed by atoms with Crippen molar-refractivity contribution in [3.63, 3.8) is 0 Å². The lowest BCUT2D eigenvalue weighted by Crippen LogP contribution is -2.39. The van der Waals surface area contributed by atoms with Crippen LogP contribution in [0.5, 0.6) is 5.75 Å². The first-order chi connectivity index (χ1) is 25.9. The van der Waals surface area contributed by atoms with E-state index in [0.717, 1.165) is 27.8 Å². The van der Waals surface area contributed by atoms with Gasteiger partial charge in [-0.3, -0.25) is 4.79 Å². The fourth-order valence-electron chi connectivity index (χ4n) is 6.36. The lowest BCUT2D eigenvalue weighted by atomic mass is 9.98. The van der Waals surface area contributed by atoms with Crippen molar-refractivity contribution in [1.82, 2.24) is 10.2 Å². The van der Waals surface area contributed by atoms with Crippen LogP contribution in [0, 0.1) is 29.1 Å². The van der Waals surface area contributed by atoms with Crippen LogP contribution in [0.3, 0.4) is 0 Å². The summed E-state index contributed by atoms with van der Waals surface area (Å²) in [5, 5.41) is 32.4. The summed E-state index contributed by atoms with van der Waals surface area (Å²) in [6, 6.07) is 28.2. The minimum absolute atomic E-state index is 0.0684. The average Bonchev–Trinajstić information content (AvgIpc) is 3.18. The maximum absolute atomic E-state index is 14.1. The molecule has 1 fully saturated rings. The van der Waals surface area contributed by atoms with E-state index in [1.165, 1.54) is 12.1 Å². The first kappa shape index (κ1) is 38.5. The first-order valence-corrected chi connectivity index (χ1v) is 17.1. The number of phenolic OH excluding ortho intramolecular Hbond substituents is 1. The van der Waals surface area contributed by atoms with E-state index in [1.54, 1.807) is 36.4 Å². The number of halogens is 5. The van der Waals surface area contributed by atoms with Gasteiger partial charge in [-0.15, -0.1) is 0 Å². The van der Waals surface area contributed by atoms with Gasteiger partial charge in [0.15, 0.2) is 29.6 Å². The van der Waals surface area contributed by atoms with Crippen LogP contribution in [0.25, 0.3) is 11.1 Å². The van der Waals surface area contributed by atoms with Gasteiger partial charge in [0.05, 0.1) is 24.9 Å². The molecule has 1 amide bonds. The van der Waals surface area contributed by atoms with Crippen LogP contribution in [-0.4, -0.2) is 52.4 Å². The smallest absolute Gasteiger partial charge is 0.257 e. The summed E-state index contributed by atoms with van der Waals surface area (Å²) in [7, 11) is 1.87. The predicted octanol–water partition coefficient (Wildman–Crippen LogP) is 7.39. The molecule has 8 nitrogen and oxygen atoms in total. The number of hydrogen-bond acceptors (Lipinski definition) is 7. The molecule has 5 aromatic carbocycles. The molecule has 0 radical (unpaired) electrons. The maximum Gasteiger partial charge on any atom is 0.257 e. The Hall–Kier alpha value is -5.18. The number of benzene rings is 5. The van der Waals surface area contributed by atoms with Crippen LogP contribution in [-0.2, 0) is 22.6 Å². The molecular weight excluding hydrogens is 711 g/mol. The van der Waals surface area contributed by atoms with E-state index in [-0.39, 0.29) is 31.1 Å². The van der Waals surface area contributed by atoms with Crippen LogP contribution in [0.2, 0.25) is 0 Å². The normalized spacial score (nSPS) is 17.8. The summed E-state index contributed by atoms with van der Waals surface area (Å²) in [5.74, 6) is -12.6. The van der Waals surface area contributed by atoms with Gasteiger partial charge < -0.3 is 35.0 Å². The molecular formula is C41H37F5N2O6. The van der Waals surface area contributed by atoms with E-state index in [4.69, 9.17) is 9.47 Å². The van der Waals surface area contributed by atoms with E-state index < -0.39 is 53.0 Å². The largest absolute Gasteiger partial charge is 0.508 e. The summed E-state index contributed by atoms with van der Waals surface area (Å²) >= 11 is 0. The summed E-state index contributed by atoms with van der Waals surface area (Å²) in [6.45, 7) is 0.413. The topological polar surface area (TPSA) is 111 Å². The average molecular weight is 749 g/mol. The monoisotopic (exact) mass is 748 g/mol. The molecule has 1 aliphatic rings. The number of nitrogens with zero attached hydrogens (tertiary/aromatic N) is 1. The van der Waals surface area contributed by atoms with Crippen molar-refractivity contribution in [3.8, 4) is 16.9 Å². The van der Waals surface area contributed by atoms with Gasteiger partial charge in [0, 0.05) is 31.6 Å². The molecule has 4 N–H and O–H groups in total. The highest BCUT2D eigenvalue weighted by Crippen LogP contribution is 2.39. The summed E-state index contributed by atoms with van der Waals surface area (Å²) in [5.41, 5.74) is 3.44. The molecule has 0 aromatic heterocycles. The number of carbonyl (C=O) groups excluding carboxylic acids is 1. The van der Waals surface area contributed by atoms with E-state index in [9.17, 15) is 42.1 Å². The van der Waals surface area contributed by atoms with Crippen molar-refractivity contribution in [3.05, 3.63) is 160 Å².